The molecular weight excluding hydrogens is 268 g/mol. The van der Waals surface area contributed by atoms with Gasteiger partial charge in [0.15, 0.2) is 0 Å². The molecule has 0 spiro atoms. The number of nitrogens with zero attached hydrogens (tertiary/aromatic N) is 1. The molecule has 1 aromatic heterocycles. The SMILES string of the molecule is CCC(CC)(CNC(=O)c1ccnc(Cl)c1)SC. The third kappa shape index (κ3) is 3.89. The fourth-order valence-electron chi connectivity index (χ4n) is 1.75. The summed E-state index contributed by atoms with van der Waals surface area (Å²) < 4.78 is 0.118. The van der Waals surface area contributed by atoms with E-state index in [-0.39, 0.29) is 10.7 Å². The number of nitrogens with one attached hydrogen (secondary N) is 1. The number of hydrogen-bond acceptors (Lipinski definition) is 3. The van der Waals surface area contributed by atoms with Crippen molar-refractivity contribution in [1.82, 2.24) is 10.3 Å². The summed E-state index contributed by atoms with van der Waals surface area (Å²) in [7, 11) is 0. The predicted molar refractivity (Wildman–Crippen MR) is 78.4 cm³/mol. The largest absolute Gasteiger partial charge is 0.351 e. The lowest BCUT2D eigenvalue weighted by atomic mass is 10.0. The van der Waals surface area contributed by atoms with Gasteiger partial charge in [0.05, 0.1) is 0 Å². The van der Waals surface area contributed by atoms with Crippen molar-refractivity contribution in [3.8, 4) is 0 Å². The smallest absolute Gasteiger partial charge is 0.251 e. The quantitative estimate of drug-likeness (QED) is 0.815. The second kappa shape index (κ2) is 7.00. The fourth-order valence-corrected chi connectivity index (χ4v) is 2.72. The van der Waals surface area contributed by atoms with Gasteiger partial charge in [-0.25, -0.2) is 4.98 Å². The highest BCUT2D eigenvalue weighted by atomic mass is 35.5. The average Bonchev–Trinajstić information content (AvgIpc) is 2.40. The van der Waals surface area contributed by atoms with Crippen LogP contribution in [0.15, 0.2) is 18.3 Å². The van der Waals surface area contributed by atoms with E-state index in [2.05, 4.69) is 30.4 Å². The minimum absolute atomic E-state index is 0.0976. The standard InChI is InChI=1S/C13H19ClN2OS/c1-4-13(5-2,18-3)9-16-12(17)10-6-7-15-11(14)8-10/h6-8H,4-5,9H2,1-3H3,(H,16,17). The maximum Gasteiger partial charge on any atom is 0.251 e. The summed E-state index contributed by atoms with van der Waals surface area (Å²) in [4.78, 5) is 15.8. The van der Waals surface area contributed by atoms with Gasteiger partial charge in [-0.1, -0.05) is 25.4 Å². The van der Waals surface area contributed by atoms with Gasteiger partial charge < -0.3 is 5.32 Å². The number of hydrogen-bond donors (Lipinski definition) is 1. The van der Waals surface area contributed by atoms with Gasteiger partial charge in [0, 0.05) is 23.1 Å². The van der Waals surface area contributed by atoms with E-state index in [4.69, 9.17) is 11.6 Å². The Morgan fingerprint density at radius 1 is 1.50 bits per heavy atom. The fraction of sp³-hybridized carbons (Fsp3) is 0.538. The molecule has 0 atom stereocenters. The number of carbonyl (C=O) groups excluding carboxylic acids is 1. The molecule has 18 heavy (non-hydrogen) atoms. The monoisotopic (exact) mass is 286 g/mol. The highest BCUT2D eigenvalue weighted by molar-refractivity contribution is 8.00. The molecule has 1 N–H and O–H groups in total. The summed E-state index contributed by atoms with van der Waals surface area (Å²) in [6.45, 7) is 4.96. The number of halogens is 1. The molecule has 0 aliphatic heterocycles. The molecule has 0 radical (unpaired) electrons. The summed E-state index contributed by atoms with van der Waals surface area (Å²) in [5, 5.41) is 3.31. The summed E-state index contributed by atoms with van der Waals surface area (Å²) >= 11 is 7.57. The summed E-state index contributed by atoms with van der Waals surface area (Å²) in [5.41, 5.74) is 0.553. The first-order valence-electron chi connectivity index (χ1n) is 6.02. The van der Waals surface area contributed by atoms with Gasteiger partial charge in [-0.3, -0.25) is 4.79 Å². The first-order valence-corrected chi connectivity index (χ1v) is 7.62. The Labute approximate surface area is 118 Å². The minimum Gasteiger partial charge on any atom is -0.351 e. The van der Waals surface area contributed by atoms with Crippen molar-refractivity contribution in [2.75, 3.05) is 12.8 Å². The molecule has 0 aliphatic carbocycles. The van der Waals surface area contributed by atoms with Crippen molar-refractivity contribution in [1.29, 1.82) is 0 Å². The zero-order chi connectivity index (χ0) is 13.6. The van der Waals surface area contributed by atoms with Crippen LogP contribution in [0.25, 0.3) is 0 Å². The van der Waals surface area contributed by atoms with E-state index in [9.17, 15) is 4.79 Å². The van der Waals surface area contributed by atoms with Gasteiger partial charge in [0.2, 0.25) is 0 Å². The van der Waals surface area contributed by atoms with Gasteiger partial charge in [-0.05, 0) is 31.2 Å². The third-order valence-corrected chi connectivity index (χ3v) is 5.08. The van der Waals surface area contributed by atoms with Gasteiger partial charge >= 0.3 is 0 Å². The second-order valence-electron chi connectivity index (χ2n) is 4.14. The molecule has 0 saturated carbocycles. The number of rotatable bonds is 6. The molecule has 1 rings (SSSR count). The lowest BCUT2D eigenvalue weighted by molar-refractivity contribution is 0.0949. The highest BCUT2D eigenvalue weighted by Gasteiger charge is 2.25. The Balaban J connectivity index is 2.66. The lowest BCUT2D eigenvalue weighted by Gasteiger charge is -2.29. The predicted octanol–water partition coefficient (Wildman–Crippen LogP) is 3.39. The lowest BCUT2D eigenvalue weighted by Crippen LogP contribution is -2.39. The van der Waals surface area contributed by atoms with E-state index >= 15 is 0 Å². The first kappa shape index (κ1) is 15.3. The molecule has 1 amide bonds. The Morgan fingerprint density at radius 3 is 2.67 bits per heavy atom. The topological polar surface area (TPSA) is 42.0 Å². The van der Waals surface area contributed by atoms with Crippen LogP contribution in [-0.4, -0.2) is 28.4 Å². The van der Waals surface area contributed by atoms with Crippen molar-refractivity contribution in [3.63, 3.8) is 0 Å². The van der Waals surface area contributed by atoms with Crippen LogP contribution in [0.1, 0.15) is 37.0 Å². The van der Waals surface area contributed by atoms with Crippen LogP contribution in [0, 0.1) is 0 Å². The molecule has 1 heterocycles. The zero-order valence-electron chi connectivity index (χ0n) is 11.0. The number of pyridine rings is 1. The molecule has 1 aromatic rings. The van der Waals surface area contributed by atoms with Crippen molar-refractivity contribution in [2.24, 2.45) is 0 Å². The van der Waals surface area contributed by atoms with Crippen LogP contribution < -0.4 is 5.32 Å². The summed E-state index contributed by atoms with van der Waals surface area (Å²) in [5.74, 6) is -0.0976. The normalized spacial score (nSPS) is 11.3. The van der Waals surface area contributed by atoms with E-state index in [1.165, 1.54) is 0 Å². The minimum atomic E-state index is -0.0976. The average molecular weight is 287 g/mol. The van der Waals surface area contributed by atoms with Crippen LogP contribution >= 0.6 is 23.4 Å². The molecule has 0 fully saturated rings. The maximum atomic E-state index is 12.0. The Morgan fingerprint density at radius 2 is 2.17 bits per heavy atom. The van der Waals surface area contributed by atoms with Crippen molar-refractivity contribution < 1.29 is 4.79 Å². The molecule has 100 valence electrons. The molecule has 5 heteroatoms. The van der Waals surface area contributed by atoms with Crippen molar-refractivity contribution in [2.45, 2.75) is 31.4 Å². The number of amides is 1. The highest BCUT2D eigenvalue weighted by Crippen LogP contribution is 2.29. The van der Waals surface area contributed by atoms with Gasteiger partial charge in [-0.2, -0.15) is 11.8 Å². The van der Waals surface area contributed by atoms with Gasteiger partial charge in [0.25, 0.3) is 5.91 Å². The Hall–Kier alpha value is -0.740. The second-order valence-corrected chi connectivity index (χ2v) is 5.81. The Kier molecular flexibility index (Phi) is 5.96. The van der Waals surface area contributed by atoms with Crippen LogP contribution in [-0.2, 0) is 0 Å². The van der Waals surface area contributed by atoms with E-state index < -0.39 is 0 Å². The molecule has 0 bridgehead atoms. The van der Waals surface area contributed by atoms with Crippen molar-refractivity contribution >= 4 is 29.3 Å². The summed E-state index contributed by atoms with van der Waals surface area (Å²) in [6.07, 6.45) is 5.69. The van der Waals surface area contributed by atoms with E-state index in [1.54, 1.807) is 30.1 Å². The Bertz CT molecular complexity index is 399. The molecule has 3 nitrogen and oxygen atoms in total. The number of thioether (sulfide) groups is 1. The number of aromatic nitrogens is 1. The molecule has 0 unspecified atom stereocenters. The van der Waals surface area contributed by atoms with Crippen LogP contribution in [0.3, 0.4) is 0 Å². The van der Waals surface area contributed by atoms with Gasteiger partial charge in [-0.15, -0.1) is 0 Å². The first-order chi connectivity index (χ1) is 8.56. The molecule has 0 aromatic carbocycles. The zero-order valence-corrected chi connectivity index (χ0v) is 12.6. The third-order valence-electron chi connectivity index (χ3n) is 3.28. The van der Waals surface area contributed by atoms with E-state index in [0.717, 1.165) is 12.8 Å². The number of carbonyl (C=O) groups is 1. The van der Waals surface area contributed by atoms with Crippen molar-refractivity contribution in [3.05, 3.63) is 29.0 Å². The van der Waals surface area contributed by atoms with Gasteiger partial charge in [0.1, 0.15) is 5.15 Å². The maximum absolute atomic E-state index is 12.0. The van der Waals surface area contributed by atoms with Crippen LogP contribution in [0.2, 0.25) is 5.15 Å². The van der Waals surface area contributed by atoms with E-state index in [0.29, 0.717) is 17.3 Å². The molecular formula is C13H19ClN2OS. The summed E-state index contributed by atoms with van der Waals surface area (Å²) in [6, 6.07) is 3.25. The van der Waals surface area contributed by atoms with Crippen LogP contribution in [0.4, 0.5) is 0 Å². The molecule has 0 saturated heterocycles. The molecule has 0 aliphatic rings. The van der Waals surface area contributed by atoms with E-state index in [1.807, 2.05) is 0 Å². The van der Waals surface area contributed by atoms with Crippen LogP contribution in [0.5, 0.6) is 0 Å².